The van der Waals surface area contributed by atoms with E-state index < -0.39 is 23.2 Å². The summed E-state index contributed by atoms with van der Waals surface area (Å²) in [6, 6.07) is 7.08. The summed E-state index contributed by atoms with van der Waals surface area (Å²) in [4.78, 5) is 23.5. The number of carboxylic acid groups (broad SMARTS) is 1. The van der Waals surface area contributed by atoms with Crippen LogP contribution in [-0.4, -0.2) is 37.2 Å². The maximum atomic E-state index is 12.3. The number of tetrazole rings is 1. The van der Waals surface area contributed by atoms with Crippen LogP contribution in [0.4, 0.5) is 5.69 Å². The molecule has 2 aromatic rings. The third kappa shape index (κ3) is 2.56. The molecule has 2 N–H and O–H groups in total. The average Bonchev–Trinajstić information content (AvgIpc) is 2.83. The van der Waals surface area contributed by atoms with Crippen LogP contribution in [0.3, 0.4) is 0 Å². The number of carbonyl (C=O) groups is 2. The Kier molecular flexibility index (Phi) is 3.39. The van der Waals surface area contributed by atoms with E-state index in [0.29, 0.717) is 11.5 Å². The molecule has 1 aromatic heterocycles. The third-order valence-corrected chi connectivity index (χ3v) is 4.36. The van der Waals surface area contributed by atoms with Crippen LogP contribution in [0.2, 0.25) is 0 Å². The van der Waals surface area contributed by atoms with Gasteiger partial charge in [-0.3, -0.25) is 9.59 Å². The predicted molar refractivity (Wildman–Crippen MR) is 80.9 cm³/mol. The summed E-state index contributed by atoms with van der Waals surface area (Å²) in [6.45, 7) is 5.35. The zero-order valence-corrected chi connectivity index (χ0v) is 13.0. The van der Waals surface area contributed by atoms with Gasteiger partial charge in [-0.1, -0.05) is 19.9 Å². The van der Waals surface area contributed by atoms with Crippen LogP contribution < -0.4 is 5.32 Å². The quantitative estimate of drug-likeness (QED) is 0.879. The smallest absolute Gasteiger partial charge is 0.307 e. The first-order chi connectivity index (χ1) is 10.8. The number of hydrogen-bond donors (Lipinski definition) is 2. The second kappa shape index (κ2) is 5.15. The van der Waals surface area contributed by atoms with Crippen LogP contribution in [-0.2, 0) is 9.59 Å². The van der Waals surface area contributed by atoms with Crippen LogP contribution in [0.5, 0.6) is 0 Å². The molecule has 3 rings (SSSR count). The van der Waals surface area contributed by atoms with Crippen LogP contribution in [0, 0.1) is 24.2 Å². The molecule has 1 aliphatic rings. The van der Waals surface area contributed by atoms with Gasteiger partial charge in [0.2, 0.25) is 5.91 Å². The Labute approximate surface area is 132 Å². The zero-order chi connectivity index (χ0) is 16.8. The average molecular weight is 315 g/mol. The molecular weight excluding hydrogens is 298 g/mol. The molecule has 0 unspecified atom stereocenters. The van der Waals surface area contributed by atoms with Gasteiger partial charge < -0.3 is 10.4 Å². The van der Waals surface area contributed by atoms with E-state index in [9.17, 15) is 9.59 Å². The molecule has 8 heteroatoms. The van der Waals surface area contributed by atoms with Gasteiger partial charge in [0.25, 0.3) is 0 Å². The van der Waals surface area contributed by atoms with E-state index in [2.05, 4.69) is 20.8 Å². The number of carboxylic acids is 1. The molecule has 1 fully saturated rings. The highest BCUT2D eigenvalue weighted by molar-refractivity contribution is 5.99. The molecule has 0 radical (unpaired) electrons. The summed E-state index contributed by atoms with van der Waals surface area (Å²) in [5.74, 6) is -1.77. The van der Waals surface area contributed by atoms with Crippen LogP contribution >= 0.6 is 0 Å². The Bertz CT molecular complexity index is 783. The van der Waals surface area contributed by atoms with Crippen molar-refractivity contribution in [3.8, 4) is 5.69 Å². The summed E-state index contributed by atoms with van der Waals surface area (Å²) >= 11 is 0. The molecule has 1 heterocycles. The van der Waals surface area contributed by atoms with Crippen molar-refractivity contribution in [1.29, 1.82) is 0 Å². The maximum Gasteiger partial charge on any atom is 0.307 e. The normalized spacial score (nSPS) is 21.7. The minimum Gasteiger partial charge on any atom is -0.481 e. The van der Waals surface area contributed by atoms with Gasteiger partial charge in [0.05, 0.1) is 17.5 Å². The number of rotatable bonds is 4. The number of aromatic nitrogens is 4. The summed E-state index contributed by atoms with van der Waals surface area (Å²) in [7, 11) is 0. The van der Waals surface area contributed by atoms with Crippen molar-refractivity contribution in [3.63, 3.8) is 0 Å². The first-order valence-electron chi connectivity index (χ1n) is 7.21. The summed E-state index contributed by atoms with van der Waals surface area (Å²) in [5, 5.41) is 23.2. The summed E-state index contributed by atoms with van der Waals surface area (Å²) < 4.78 is 1.55. The lowest BCUT2D eigenvalue weighted by Crippen LogP contribution is -2.18. The van der Waals surface area contributed by atoms with Gasteiger partial charge in [-0.25, -0.2) is 0 Å². The summed E-state index contributed by atoms with van der Waals surface area (Å²) in [6.07, 6.45) is 0. The SMILES string of the molecule is Cc1nnnn1-c1cccc(NC(=O)[C@H]2[C@@H](C(=O)O)C2(C)C)c1. The number of carbonyl (C=O) groups excluding carboxylic acids is 1. The number of nitrogens with zero attached hydrogens (tertiary/aromatic N) is 4. The largest absolute Gasteiger partial charge is 0.481 e. The van der Waals surface area contributed by atoms with E-state index in [1.807, 2.05) is 6.07 Å². The highest BCUT2D eigenvalue weighted by Gasteiger charge is 2.65. The number of hydrogen-bond acceptors (Lipinski definition) is 5. The number of nitrogens with one attached hydrogen (secondary N) is 1. The van der Waals surface area contributed by atoms with Gasteiger partial charge in [-0.2, -0.15) is 4.68 Å². The molecule has 0 aliphatic heterocycles. The predicted octanol–water partition coefficient (Wildman–Crippen LogP) is 1.27. The zero-order valence-electron chi connectivity index (χ0n) is 13.0. The van der Waals surface area contributed by atoms with E-state index in [1.165, 1.54) is 0 Å². The molecule has 0 spiro atoms. The van der Waals surface area contributed by atoms with Crippen LogP contribution in [0.15, 0.2) is 24.3 Å². The van der Waals surface area contributed by atoms with Crippen molar-refractivity contribution in [2.75, 3.05) is 5.32 Å². The number of anilines is 1. The molecule has 1 saturated carbocycles. The molecule has 0 bridgehead atoms. The van der Waals surface area contributed by atoms with Crippen molar-refractivity contribution in [2.45, 2.75) is 20.8 Å². The fourth-order valence-electron chi connectivity index (χ4n) is 2.99. The van der Waals surface area contributed by atoms with E-state index in [-0.39, 0.29) is 5.91 Å². The first-order valence-corrected chi connectivity index (χ1v) is 7.21. The van der Waals surface area contributed by atoms with Gasteiger partial charge >= 0.3 is 5.97 Å². The fourth-order valence-corrected chi connectivity index (χ4v) is 2.99. The number of aliphatic carboxylic acids is 1. The molecule has 23 heavy (non-hydrogen) atoms. The highest BCUT2D eigenvalue weighted by Crippen LogP contribution is 2.58. The Morgan fingerprint density at radius 1 is 1.30 bits per heavy atom. The standard InChI is InChI=1S/C15H17N5O3/c1-8-17-18-19-20(8)10-6-4-5-9(7-10)16-13(21)11-12(14(22)23)15(11,2)3/h4-7,11-12H,1-3H3,(H,16,21)(H,22,23)/t11-,12+/m1/s1. The first kappa shape index (κ1) is 15.1. The Morgan fingerprint density at radius 3 is 2.61 bits per heavy atom. The van der Waals surface area contributed by atoms with Crippen molar-refractivity contribution in [2.24, 2.45) is 17.3 Å². The van der Waals surface area contributed by atoms with E-state index in [1.54, 1.807) is 43.7 Å². The van der Waals surface area contributed by atoms with Gasteiger partial charge in [0, 0.05) is 5.69 Å². The van der Waals surface area contributed by atoms with Gasteiger partial charge in [-0.15, -0.1) is 5.10 Å². The molecule has 8 nitrogen and oxygen atoms in total. The Morgan fingerprint density at radius 2 is 2.04 bits per heavy atom. The second-order valence-corrected chi connectivity index (χ2v) is 6.29. The van der Waals surface area contributed by atoms with Gasteiger partial charge in [0.15, 0.2) is 5.82 Å². The molecule has 2 atom stereocenters. The Balaban J connectivity index is 1.78. The number of aryl methyl sites for hydroxylation is 1. The monoisotopic (exact) mass is 315 g/mol. The minimum atomic E-state index is -0.937. The molecule has 1 aromatic carbocycles. The van der Waals surface area contributed by atoms with Crippen LogP contribution in [0.25, 0.3) is 5.69 Å². The fraction of sp³-hybridized carbons (Fsp3) is 0.400. The topological polar surface area (TPSA) is 110 Å². The second-order valence-electron chi connectivity index (χ2n) is 6.29. The minimum absolute atomic E-state index is 0.284. The van der Waals surface area contributed by atoms with Gasteiger partial charge in [0.1, 0.15) is 0 Å². The molecule has 1 amide bonds. The highest BCUT2D eigenvalue weighted by atomic mass is 16.4. The van der Waals surface area contributed by atoms with E-state index in [0.717, 1.165) is 5.69 Å². The lowest BCUT2D eigenvalue weighted by molar-refractivity contribution is -0.140. The van der Waals surface area contributed by atoms with Crippen molar-refractivity contribution in [1.82, 2.24) is 20.2 Å². The molecule has 1 aliphatic carbocycles. The summed E-state index contributed by atoms with van der Waals surface area (Å²) in [5.41, 5.74) is 0.768. The Hall–Kier alpha value is -2.77. The third-order valence-electron chi connectivity index (χ3n) is 4.36. The van der Waals surface area contributed by atoms with E-state index in [4.69, 9.17) is 5.11 Å². The number of amides is 1. The lowest BCUT2D eigenvalue weighted by atomic mass is 10.1. The van der Waals surface area contributed by atoms with Crippen molar-refractivity contribution >= 4 is 17.6 Å². The van der Waals surface area contributed by atoms with Crippen molar-refractivity contribution in [3.05, 3.63) is 30.1 Å². The lowest BCUT2D eigenvalue weighted by Gasteiger charge is -2.08. The van der Waals surface area contributed by atoms with E-state index >= 15 is 0 Å². The molecule has 120 valence electrons. The molecular formula is C15H17N5O3. The number of benzene rings is 1. The maximum absolute atomic E-state index is 12.3. The van der Waals surface area contributed by atoms with Gasteiger partial charge in [-0.05, 0) is 41.0 Å². The van der Waals surface area contributed by atoms with Crippen LogP contribution in [0.1, 0.15) is 19.7 Å². The van der Waals surface area contributed by atoms with Crippen molar-refractivity contribution < 1.29 is 14.7 Å². The molecule has 0 saturated heterocycles.